The molecule has 0 radical (unpaired) electrons. The van der Waals surface area contributed by atoms with Crippen molar-refractivity contribution in [3.8, 4) is 0 Å². The fraction of sp³-hybridized carbons (Fsp3) is 0.900. The van der Waals surface area contributed by atoms with E-state index in [0.717, 1.165) is 12.8 Å². The molecule has 1 aliphatic carbocycles. The van der Waals surface area contributed by atoms with E-state index in [4.69, 9.17) is 10.5 Å². The molecule has 0 amide bonds. The van der Waals surface area contributed by atoms with Crippen LogP contribution in [0.25, 0.3) is 0 Å². The highest BCUT2D eigenvalue weighted by molar-refractivity contribution is 5.76. The Labute approximate surface area is 79.6 Å². The van der Waals surface area contributed by atoms with Gasteiger partial charge in [-0.1, -0.05) is 13.8 Å². The van der Waals surface area contributed by atoms with Gasteiger partial charge in [-0.05, 0) is 31.6 Å². The fourth-order valence-electron chi connectivity index (χ4n) is 1.05. The predicted molar refractivity (Wildman–Crippen MR) is 51.1 cm³/mol. The first kappa shape index (κ1) is 10.5. The molecule has 0 aliphatic heterocycles. The van der Waals surface area contributed by atoms with Crippen LogP contribution in [0.4, 0.5) is 0 Å². The number of nitrogens with two attached hydrogens (primary N) is 1. The van der Waals surface area contributed by atoms with Gasteiger partial charge in [-0.25, -0.2) is 0 Å². The zero-order chi connectivity index (χ0) is 10.0. The Bertz CT molecular complexity index is 187. The SMILES string of the molecule is CC(C)C(C)OC(=O)C(N)C1CC1. The number of carbonyl (C=O) groups is 1. The monoisotopic (exact) mass is 185 g/mol. The second-order valence-corrected chi connectivity index (χ2v) is 4.25. The number of esters is 1. The van der Waals surface area contributed by atoms with Crippen molar-refractivity contribution in [2.75, 3.05) is 0 Å². The van der Waals surface area contributed by atoms with Gasteiger partial charge in [-0.2, -0.15) is 0 Å². The summed E-state index contributed by atoms with van der Waals surface area (Å²) in [5, 5.41) is 0. The van der Waals surface area contributed by atoms with Crippen LogP contribution in [0.2, 0.25) is 0 Å². The zero-order valence-corrected chi connectivity index (χ0v) is 8.62. The molecule has 2 atom stereocenters. The van der Waals surface area contributed by atoms with Gasteiger partial charge in [0.1, 0.15) is 12.1 Å². The Balaban J connectivity index is 2.30. The summed E-state index contributed by atoms with van der Waals surface area (Å²) in [5.41, 5.74) is 5.70. The molecule has 76 valence electrons. The molecule has 0 aromatic heterocycles. The van der Waals surface area contributed by atoms with Crippen LogP contribution in [-0.2, 0) is 9.53 Å². The number of hydrogen-bond acceptors (Lipinski definition) is 3. The molecule has 0 aromatic carbocycles. The molecule has 3 nitrogen and oxygen atoms in total. The molecule has 1 saturated carbocycles. The summed E-state index contributed by atoms with van der Waals surface area (Å²) < 4.78 is 5.21. The van der Waals surface area contributed by atoms with Crippen LogP contribution < -0.4 is 5.73 Å². The third-order valence-corrected chi connectivity index (χ3v) is 2.64. The lowest BCUT2D eigenvalue weighted by atomic mass is 10.1. The van der Waals surface area contributed by atoms with Crippen molar-refractivity contribution in [3.63, 3.8) is 0 Å². The van der Waals surface area contributed by atoms with E-state index in [-0.39, 0.29) is 18.1 Å². The van der Waals surface area contributed by atoms with E-state index < -0.39 is 0 Å². The zero-order valence-electron chi connectivity index (χ0n) is 8.62. The molecule has 0 bridgehead atoms. The average molecular weight is 185 g/mol. The summed E-state index contributed by atoms with van der Waals surface area (Å²) >= 11 is 0. The Hall–Kier alpha value is -0.570. The average Bonchev–Trinajstić information content (AvgIpc) is 2.85. The van der Waals surface area contributed by atoms with Gasteiger partial charge in [-0.3, -0.25) is 4.79 Å². The molecule has 0 heterocycles. The van der Waals surface area contributed by atoms with Crippen LogP contribution in [0.15, 0.2) is 0 Å². The smallest absolute Gasteiger partial charge is 0.323 e. The molecule has 2 unspecified atom stereocenters. The number of ether oxygens (including phenoxy) is 1. The predicted octanol–water partition coefficient (Wildman–Crippen LogP) is 1.31. The van der Waals surface area contributed by atoms with Crippen LogP contribution in [0.3, 0.4) is 0 Å². The third-order valence-electron chi connectivity index (χ3n) is 2.64. The number of hydrogen-bond donors (Lipinski definition) is 1. The van der Waals surface area contributed by atoms with Gasteiger partial charge in [-0.15, -0.1) is 0 Å². The summed E-state index contributed by atoms with van der Waals surface area (Å²) in [6.07, 6.45) is 2.12. The van der Waals surface area contributed by atoms with Gasteiger partial charge < -0.3 is 10.5 Å². The van der Waals surface area contributed by atoms with Crippen molar-refractivity contribution in [2.24, 2.45) is 17.6 Å². The van der Waals surface area contributed by atoms with Gasteiger partial charge in [0, 0.05) is 0 Å². The van der Waals surface area contributed by atoms with Crippen molar-refractivity contribution in [1.29, 1.82) is 0 Å². The molecule has 1 rings (SSSR count). The van der Waals surface area contributed by atoms with E-state index in [1.807, 2.05) is 20.8 Å². The molecule has 0 saturated heterocycles. The first-order valence-corrected chi connectivity index (χ1v) is 4.98. The summed E-state index contributed by atoms with van der Waals surface area (Å²) in [7, 11) is 0. The van der Waals surface area contributed by atoms with Gasteiger partial charge in [0.2, 0.25) is 0 Å². The Morgan fingerprint density at radius 1 is 1.38 bits per heavy atom. The highest BCUT2D eigenvalue weighted by Gasteiger charge is 2.35. The van der Waals surface area contributed by atoms with Crippen LogP contribution in [0, 0.1) is 11.8 Å². The lowest BCUT2D eigenvalue weighted by molar-refractivity contribution is -0.152. The van der Waals surface area contributed by atoms with E-state index in [1.54, 1.807) is 0 Å². The molecule has 0 spiro atoms. The summed E-state index contributed by atoms with van der Waals surface area (Å²) in [4.78, 5) is 11.4. The lowest BCUT2D eigenvalue weighted by Crippen LogP contribution is -2.37. The minimum absolute atomic E-state index is 0.0303. The van der Waals surface area contributed by atoms with Crippen LogP contribution in [-0.4, -0.2) is 18.1 Å². The quantitative estimate of drug-likeness (QED) is 0.672. The maximum atomic E-state index is 11.4. The Kier molecular flexibility index (Phi) is 3.31. The molecule has 0 aromatic rings. The van der Waals surface area contributed by atoms with E-state index >= 15 is 0 Å². The van der Waals surface area contributed by atoms with Gasteiger partial charge >= 0.3 is 5.97 Å². The van der Waals surface area contributed by atoms with Gasteiger partial charge in [0.15, 0.2) is 0 Å². The van der Waals surface area contributed by atoms with Crippen molar-refractivity contribution in [3.05, 3.63) is 0 Å². The molecule has 13 heavy (non-hydrogen) atoms. The standard InChI is InChI=1S/C10H19NO2/c1-6(2)7(3)13-10(12)9(11)8-4-5-8/h6-9H,4-5,11H2,1-3H3. The summed E-state index contributed by atoms with van der Waals surface area (Å²) in [6.45, 7) is 5.96. The second kappa shape index (κ2) is 4.09. The maximum Gasteiger partial charge on any atom is 0.323 e. The molecule has 1 aliphatic rings. The number of carbonyl (C=O) groups excluding carboxylic acids is 1. The minimum Gasteiger partial charge on any atom is -0.461 e. The van der Waals surface area contributed by atoms with Crippen molar-refractivity contribution >= 4 is 5.97 Å². The van der Waals surface area contributed by atoms with Crippen LogP contribution in [0.5, 0.6) is 0 Å². The summed E-state index contributed by atoms with van der Waals surface area (Å²) in [5.74, 6) is 0.505. The molecular formula is C10H19NO2. The molecule has 3 heteroatoms. The Morgan fingerprint density at radius 2 is 1.92 bits per heavy atom. The van der Waals surface area contributed by atoms with Crippen molar-refractivity contribution in [1.82, 2.24) is 0 Å². The third kappa shape index (κ3) is 2.99. The number of rotatable bonds is 4. The normalized spacial score (nSPS) is 21.3. The van der Waals surface area contributed by atoms with Gasteiger partial charge in [0.25, 0.3) is 0 Å². The minimum atomic E-state index is -0.388. The first-order valence-electron chi connectivity index (χ1n) is 4.98. The van der Waals surface area contributed by atoms with Crippen molar-refractivity contribution < 1.29 is 9.53 Å². The molecular weight excluding hydrogens is 166 g/mol. The maximum absolute atomic E-state index is 11.4. The molecule has 2 N–H and O–H groups in total. The van der Waals surface area contributed by atoms with Gasteiger partial charge in [0.05, 0.1) is 0 Å². The van der Waals surface area contributed by atoms with Crippen LogP contribution >= 0.6 is 0 Å². The first-order chi connectivity index (χ1) is 6.02. The second-order valence-electron chi connectivity index (χ2n) is 4.25. The Morgan fingerprint density at radius 3 is 2.31 bits per heavy atom. The van der Waals surface area contributed by atoms with E-state index in [2.05, 4.69) is 0 Å². The highest BCUT2D eigenvalue weighted by atomic mass is 16.5. The summed E-state index contributed by atoms with van der Waals surface area (Å²) in [6, 6.07) is -0.388. The van der Waals surface area contributed by atoms with Crippen LogP contribution in [0.1, 0.15) is 33.6 Å². The topological polar surface area (TPSA) is 52.3 Å². The van der Waals surface area contributed by atoms with E-state index in [0.29, 0.717) is 11.8 Å². The molecule has 1 fully saturated rings. The van der Waals surface area contributed by atoms with E-state index in [1.165, 1.54) is 0 Å². The largest absolute Gasteiger partial charge is 0.461 e. The van der Waals surface area contributed by atoms with E-state index in [9.17, 15) is 4.79 Å². The van der Waals surface area contributed by atoms with Crippen molar-refractivity contribution in [2.45, 2.75) is 45.8 Å². The lowest BCUT2D eigenvalue weighted by Gasteiger charge is -2.19. The fourth-order valence-corrected chi connectivity index (χ4v) is 1.05. The highest BCUT2D eigenvalue weighted by Crippen LogP contribution is 2.32.